The van der Waals surface area contributed by atoms with Gasteiger partial charge in [0.25, 0.3) is 0 Å². The molecule has 0 bridgehead atoms. The van der Waals surface area contributed by atoms with Crippen LogP contribution in [0.1, 0.15) is 17.5 Å². The molecule has 0 aromatic heterocycles. The van der Waals surface area contributed by atoms with E-state index in [2.05, 4.69) is 0 Å². The van der Waals surface area contributed by atoms with Gasteiger partial charge in [-0.1, -0.05) is 12.1 Å². The van der Waals surface area contributed by atoms with Crippen LogP contribution >= 0.6 is 11.8 Å². The molecule has 1 aromatic carbocycles. The third-order valence-corrected chi connectivity index (χ3v) is 5.04. The van der Waals surface area contributed by atoms with Crippen molar-refractivity contribution in [3.63, 3.8) is 0 Å². The third-order valence-electron chi connectivity index (χ3n) is 3.72. The van der Waals surface area contributed by atoms with Gasteiger partial charge in [-0.25, -0.2) is 4.90 Å². The van der Waals surface area contributed by atoms with Gasteiger partial charge in [-0.05, 0) is 31.0 Å². The van der Waals surface area contributed by atoms with E-state index < -0.39 is 17.3 Å². The number of carboxylic acids is 1. The second-order valence-corrected chi connectivity index (χ2v) is 6.49. The molecule has 2 rings (SSSR count). The van der Waals surface area contributed by atoms with Gasteiger partial charge in [0, 0.05) is 12.2 Å². The first-order valence-corrected chi connectivity index (χ1v) is 7.90. The van der Waals surface area contributed by atoms with E-state index in [9.17, 15) is 14.4 Å². The van der Waals surface area contributed by atoms with Crippen LogP contribution in [-0.4, -0.2) is 39.9 Å². The van der Waals surface area contributed by atoms with E-state index >= 15 is 0 Å². The van der Waals surface area contributed by atoms with Crippen molar-refractivity contribution in [3.8, 4) is 0 Å². The molecule has 1 aliphatic rings. The summed E-state index contributed by atoms with van der Waals surface area (Å²) in [7, 11) is 0. The van der Waals surface area contributed by atoms with Crippen LogP contribution in [0.4, 0.5) is 5.69 Å². The fourth-order valence-corrected chi connectivity index (χ4v) is 3.35. The number of rotatable bonds is 5. The molecule has 2 unspecified atom stereocenters. The van der Waals surface area contributed by atoms with E-state index in [1.165, 1.54) is 4.90 Å². The van der Waals surface area contributed by atoms with Gasteiger partial charge in [0.15, 0.2) is 0 Å². The zero-order valence-corrected chi connectivity index (χ0v) is 13.2. The first-order valence-electron chi connectivity index (χ1n) is 6.86. The minimum absolute atomic E-state index is 0.0726. The molecule has 22 heavy (non-hydrogen) atoms. The van der Waals surface area contributed by atoms with Crippen LogP contribution in [0, 0.1) is 13.8 Å². The molecule has 1 fully saturated rings. The number of aryl methyl sites for hydroxylation is 1. The quantitative estimate of drug-likeness (QED) is 0.787. The average molecular weight is 322 g/mol. The molecule has 1 heterocycles. The molecule has 2 amide bonds. The summed E-state index contributed by atoms with van der Waals surface area (Å²) in [5, 5.41) is 8.20. The maximum atomic E-state index is 12.5. The Hall–Kier alpha value is -1.86. The molecule has 0 spiro atoms. The minimum Gasteiger partial charge on any atom is -0.480 e. The maximum Gasteiger partial charge on any atom is 0.321 e. The smallest absolute Gasteiger partial charge is 0.321 e. The Bertz CT molecular complexity index is 632. The zero-order chi connectivity index (χ0) is 16.4. The van der Waals surface area contributed by atoms with Crippen LogP contribution in [0.25, 0.3) is 0 Å². The van der Waals surface area contributed by atoms with Crippen molar-refractivity contribution >= 4 is 35.2 Å². The van der Waals surface area contributed by atoms with Crippen molar-refractivity contribution in [2.45, 2.75) is 31.6 Å². The molecular weight excluding hydrogens is 304 g/mol. The largest absolute Gasteiger partial charge is 0.480 e. The fraction of sp³-hybridized carbons (Fsp3) is 0.400. The van der Waals surface area contributed by atoms with E-state index in [0.29, 0.717) is 5.69 Å². The Labute approximate surface area is 132 Å². The van der Waals surface area contributed by atoms with Gasteiger partial charge in [-0.2, -0.15) is 0 Å². The highest BCUT2D eigenvalue weighted by atomic mass is 32.2. The van der Waals surface area contributed by atoms with Crippen molar-refractivity contribution in [3.05, 3.63) is 29.3 Å². The van der Waals surface area contributed by atoms with Crippen molar-refractivity contribution in [2.24, 2.45) is 5.73 Å². The van der Waals surface area contributed by atoms with Crippen LogP contribution in [0.3, 0.4) is 0 Å². The van der Waals surface area contributed by atoms with Crippen LogP contribution in [-0.2, 0) is 14.4 Å². The number of thioether (sulfide) groups is 1. The normalized spacial score (nSPS) is 19.6. The number of amides is 2. The van der Waals surface area contributed by atoms with Gasteiger partial charge in [0.1, 0.15) is 6.04 Å². The Morgan fingerprint density at radius 3 is 2.77 bits per heavy atom. The summed E-state index contributed by atoms with van der Waals surface area (Å²) < 4.78 is 0. The topological polar surface area (TPSA) is 101 Å². The Morgan fingerprint density at radius 2 is 2.14 bits per heavy atom. The van der Waals surface area contributed by atoms with Gasteiger partial charge in [-0.3, -0.25) is 14.4 Å². The first-order chi connectivity index (χ1) is 10.3. The summed E-state index contributed by atoms with van der Waals surface area (Å²) in [4.78, 5) is 36.6. The summed E-state index contributed by atoms with van der Waals surface area (Å²) in [5.74, 6) is -1.59. The van der Waals surface area contributed by atoms with Crippen molar-refractivity contribution in [1.82, 2.24) is 0 Å². The molecule has 0 radical (unpaired) electrons. The van der Waals surface area contributed by atoms with E-state index in [0.717, 1.165) is 22.9 Å². The molecule has 1 aliphatic heterocycles. The number of carbonyl (C=O) groups excluding carboxylic acids is 2. The standard InChI is InChI=1S/C15H18N2O4S/c1-8-4-3-5-11(9(8)2)17-13(18)6-12(14(17)19)22-7-10(16)15(20)21/h3-5,10,12H,6-7,16H2,1-2H3,(H,20,21). The lowest BCUT2D eigenvalue weighted by atomic mass is 10.1. The number of carbonyl (C=O) groups is 3. The predicted molar refractivity (Wildman–Crippen MR) is 84.9 cm³/mol. The van der Waals surface area contributed by atoms with Crippen LogP contribution < -0.4 is 10.6 Å². The molecule has 1 aromatic rings. The lowest BCUT2D eigenvalue weighted by Crippen LogP contribution is -2.35. The summed E-state index contributed by atoms with van der Waals surface area (Å²) in [6.45, 7) is 3.79. The number of benzene rings is 1. The number of hydrogen-bond acceptors (Lipinski definition) is 5. The number of hydrogen-bond donors (Lipinski definition) is 2. The number of carboxylic acid groups (broad SMARTS) is 1. The summed E-state index contributed by atoms with van der Waals surface area (Å²) in [6, 6.07) is 4.43. The Balaban J connectivity index is 2.15. The second kappa shape index (κ2) is 6.50. The Kier molecular flexibility index (Phi) is 4.87. The van der Waals surface area contributed by atoms with E-state index in [1.807, 2.05) is 19.9 Å². The number of aliphatic carboxylic acids is 1. The second-order valence-electron chi connectivity index (χ2n) is 5.26. The molecule has 118 valence electrons. The fourth-order valence-electron chi connectivity index (χ4n) is 2.26. The highest BCUT2D eigenvalue weighted by Gasteiger charge is 2.40. The minimum atomic E-state index is -1.12. The summed E-state index contributed by atoms with van der Waals surface area (Å²) in [6.07, 6.45) is 0.0726. The van der Waals surface area contributed by atoms with Gasteiger partial charge in [0.2, 0.25) is 11.8 Å². The van der Waals surface area contributed by atoms with E-state index in [-0.39, 0.29) is 24.0 Å². The number of imide groups is 1. The highest BCUT2D eigenvalue weighted by Crippen LogP contribution is 2.32. The molecule has 1 saturated heterocycles. The zero-order valence-electron chi connectivity index (χ0n) is 12.4. The van der Waals surface area contributed by atoms with Gasteiger partial charge < -0.3 is 10.8 Å². The number of nitrogens with two attached hydrogens (primary N) is 1. The molecular formula is C15H18N2O4S. The van der Waals surface area contributed by atoms with E-state index in [4.69, 9.17) is 10.8 Å². The average Bonchev–Trinajstić information content (AvgIpc) is 2.74. The SMILES string of the molecule is Cc1cccc(N2C(=O)CC(SCC(N)C(=O)O)C2=O)c1C. The van der Waals surface area contributed by atoms with Crippen LogP contribution in [0.5, 0.6) is 0 Å². The predicted octanol–water partition coefficient (Wildman–Crippen LogP) is 1.08. The number of anilines is 1. The molecule has 3 N–H and O–H groups in total. The van der Waals surface area contributed by atoms with Crippen molar-refractivity contribution in [2.75, 3.05) is 10.7 Å². The molecule has 2 atom stereocenters. The van der Waals surface area contributed by atoms with E-state index in [1.54, 1.807) is 12.1 Å². The lowest BCUT2D eigenvalue weighted by Gasteiger charge is -2.18. The van der Waals surface area contributed by atoms with Gasteiger partial charge >= 0.3 is 5.97 Å². The monoisotopic (exact) mass is 322 g/mol. The Morgan fingerprint density at radius 1 is 1.45 bits per heavy atom. The van der Waals surface area contributed by atoms with Crippen LogP contribution in [0.15, 0.2) is 18.2 Å². The molecule has 0 saturated carbocycles. The van der Waals surface area contributed by atoms with Crippen molar-refractivity contribution < 1.29 is 19.5 Å². The summed E-state index contributed by atoms with van der Waals surface area (Å²) >= 11 is 1.12. The van der Waals surface area contributed by atoms with Crippen molar-refractivity contribution in [1.29, 1.82) is 0 Å². The molecule has 7 heteroatoms. The highest BCUT2D eigenvalue weighted by molar-refractivity contribution is 8.00. The van der Waals surface area contributed by atoms with Gasteiger partial charge in [-0.15, -0.1) is 11.8 Å². The van der Waals surface area contributed by atoms with Gasteiger partial charge in [0.05, 0.1) is 10.9 Å². The third kappa shape index (κ3) is 3.15. The lowest BCUT2D eigenvalue weighted by molar-refractivity contribution is -0.138. The molecule has 0 aliphatic carbocycles. The van der Waals surface area contributed by atoms with Crippen LogP contribution in [0.2, 0.25) is 0 Å². The summed E-state index contributed by atoms with van der Waals surface area (Å²) in [5.41, 5.74) is 7.92. The number of nitrogens with zero attached hydrogens (tertiary/aromatic N) is 1. The molecule has 6 nitrogen and oxygen atoms in total. The first kappa shape index (κ1) is 16.5. The maximum absolute atomic E-state index is 12.5.